The van der Waals surface area contributed by atoms with Crippen LogP contribution in [0.5, 0.6) is 11.5 Å². The Morgan fingerprint density at radius 3 is 2.71 bits per heavy atom. The van der Waals surface area contributed by atoms with Crippen LogP contribution < -0.4 is 9.47 Å². The van der Waals surface area contributed by atoms with Gasteiger partial charge in [-0.3, -0.25) is 0 Å². The van der Waals surface area contributed by atoms with Crippen LogP contribution in [0.3, 0.4) is 0 Å². The van der Waals surface area contributed by atoms with Gasteiger partial charge in [-0.25, -0.2) is 4.79 Å². The molecule has 0 amide bonds. The van der Waals surface area contributed by atoms with Crippen LogP contribution in [0.1, 0.15) is 15.9 Å². The van der Waals surface area contributed by atoms with E-state index in [4.69, 9.17) is 37.4 Å². The van der Waals surface area contributed by atoms with Crippen molar-refractivity contribution in [1.29, 1.82) is 0 Å². The van der Waals surface area contributed by atoms with Gasteiger partial charge in [-0.15, -0.1) is 0 Å². The first kappa shape index (κ1) is 14.0. The van der Waals surface area contributed by atoms with Crippen LogP contribution in [0.15, 0.2) is 36.4 Å². The average Bonchev–Trinajstić information content (AvgIpc) is 2.93. The molecule has 1 aliphatic heterocycles. The molecule has 0 unspecified atom stereocenters. The highest BCUT2D eigenvalue weighted by molar-refractivity contribution is 6.35. The number of benzene rings is 2. The zero-order chi connectivity index (χ0) is 14.8. The number of halogens is 2. The van der Waals surface area contributed by atoms with Gasteiger partial charge in [-0.2, -0.15) is 0 Å². The van der Waals surface area contributed by atoms with E-state index in [0.29, 0.717) is 32.7 Å². The number of fused-ring (bicyclic) bond motifs is 1. The third-order valence-electron chi connectivity index (χ3n) is 2.98. The van der Waals surface area contributed by atoms with Gasteiger partial charge in [-0.05, 0) is 30.3 Å². The van der Waals surface area contributed by atoms with E-state index in [9.17, 15) is 4.79 Å². The molecular formula is C15H10Cl2O4. The summed E-state index contributed by atoms with van der Waals surface area (Å²) in [7, 11) is 0. The maximum atomic E-state index is 12.0. The zero-order valence-corrected chi connectivity index (χ0v) is 12.3. The lowest BCUT2D eigenvalue weighted by molar-refractivity contribution is 0.0472. The maximum absolute atomic E-state index is 12.0. The van der Waals surface area contributed by atoms with E-state index >= 15 is 0 Å². The molecule has 1 aliphatic rings. The molecule has 2 aromatic carbocycles. The number of rotatable bonds is 3. The van der Waals surface area contributed by atoms with Gasteiger partial charge in [0.05, 0.1) is 5.56 Å². The summed E-state index contributed by atoms with van der Waals surface area (Å²) >= 11 is 11.8. The van der Waals surface area contributed by atoms with E-state index in [1.165, 1.54) is 0 Å². The third kappa shape index (κ3) is 3.06. The molecular weight excluding hydrogens is 315 g/mol. The molecule has 0 saturated carbocycles. The minimum Gasteiger partial charge on any atom is -0.457 e. The minimum atomic E-state index is -0.459. The second-order valence-corrected chi connectivity index (χ2v) is 5.22. The molecule has 1 heterocycles. The van der Waals surface area contributed by atoms with Crippen molar-refractivity contribution in [3.63, 3.8) is 0 Å². The van der Waals surface area contributed by atoms with Crippen molar-refractivity contribution in [2.24, 2.45) is 0 Å². The first-order chi connectivity index (χ1) is 10.1. The molecule has 108 valence electrons. The SMILES string of the molecule is O=C(OCc1ccc(Cl)cc1Cl)c1ccc2c(c1)OCO2. The van der Waals surface area contributed by atoms with E-state index in [1.807, 2.05) is 0 Å². The zero-order valence-electron chi connectivity index (χ0n) is 10.8. The summed E-state index contributed by atoms with van der Waals surface area (Å²) in [6, 6.07) is 9.91. The van der Waals surface area contributed by atoms with Crippen LogP contribution in [-0.4, -0.2) is 12.8 Å². The standard InChI is InChI=1S/C15H10Cl2O4/c16-11-3-1-10(12(17)6-11)7-19-15(18)9-2-4-13-14(5-9)21-8-20-13/h1-6H,7-8H2. The highest BCUT2D eigenvalue weighted by atomic mass is 35.5. The molecule has 0 radical (unpaired) electrons. The van der Waals surface area contributed by atoms with Gasteiger partial charge in [0.1, 0.15) is 6.61 Å². The summed E-state index contributed by atoms with van der Waals surface area (Å²) in [5.74, 6) is 0.695. The Balaban J connectivity index is 1.69. The first-order valence-corrected chi connectivity index (χ1v) is 6.90. The van der Waals surface area contributed by atoms with E-state index in [0.717, 1.165) is 0 Å². The van der Waals surface area contributed by atoms with Crippen LogP contribution in [0.4, 0.5) is 0 Å². The van der Waals surface area contributed by atoms with Crippen molar-refractivity contribution in [2.75, 3.05) is 6.79 Å². The lowest BCUT2D eigenvalue weighted by atomic mass is 10.2. The second kappa shape index (κ2) is 5.84. The van der Waals surface area contributed by atoms with Crippen molar-refractivity contribution in [3.05, 3.63) is 57.6 Å². The molecule has 0 fully saturated rings. The highest BCUT2D eigenvalue weighted by Crippen LogP contribution is 2.32. The Kier molecular flexibility index (Phi) is 3.90. The summed E-state index contributed by atoms with van der Waals surface area (Å²) < 4.78 is 15.6. The molecule has 21 heavy (non-hydrogen) atoms. The molecule has 0 aliphatic carbocycles. The molecule has 0 aromatic heterocycles. The maximum Gasteiger partial charge on any atom is 0.338 e. The summed E-state index contributed by atoms with van der Waals surface area (Å²) in [4.78, 5) is 12.0. The monoisotopic (exact) mass is 324 g/mol. The lowest BCUT2D eigenvalue weighted by Crippen LogP contribution is -2.05. The predicted octanol–water partition coefficient (Wildman–Crippen LogP) is 4.08. The second-order valence-electron chi connectivity index (χ2n) is 4.38. The summed E-state index contributed by atoms with van der Waals surface area (Å²) in [6.07, 6.45) is 0. The van der Waals surface area contributed by atoms with E-state index in [2.05, 4.69) is 0 Å². The smallest absolute Gasteiger partial charge is 0.338 e. The Labute approximate surface area is 131 Å². The molecule has 0 atom stereocenters. The fourth-order valence-electron chi connectivity index (χ4n) is 1.89. The number of carbonyl (C=O) groups is 1. The lowest BCUT2D eigenvalue weighted by Gasteiger charge is -2.07. The predicted molar refractivity (Wildman–Crippen MR) is 78.1 cm³/mol. The molecule has 0 bridgehead atoms. The molecule has 4 nitrogen and oxygen atoms in total. The molecule has 6 heteroatoms. The number of ether oxygens (including phenoxy) is 3. The quantitative estimate of drug-likeness (QED) is 0.798. The molecule has 2 aromatic rings. The first-order valence-electron chi connectivity index (χ1n) is 6.14. The fourth-order valence-corrected chi connectivity index (χ4v) is 2.35. The van der Waals surface area contributed by atoms with Gasteiger partial charge < -0.3 is 14.2 Å². The average molecular weight is 325 g/mol. The van der Waals surface area contributed by atoms with E-state index in [1.54, 1.807) is 36.4 Å². The Morgan fingerprint density at radius 1 is 1.10 bits per heavy atom. The summed E-state index contributed by atoms with van der Waals surface area (Å²) in [5.41, 5.74) is 1.08. The van der Waals surface area contributed by atoms with Crippen molar-refractivity contribution >= 4 is 29.2 Å². The number of esters is 1. The number of hydrogen-bond acceptors (Lipinski definition) is 4. The molecule has 0 spiro atoms. The van der Waals surface area contributed by atoms with Gasteiger partial charge in [0.2, 0.25) is 6.79 Å². The normalized spacial score (nSPS) is 12.3. The van der Waals surface area contributed by atoms with Crippen molar-refractivity contribution in [3.8, 4) is 11.5 Å². The number of hydrogen-bond donors (Lipinski definition) is 0. The van der Waals surface area contributed by atoms with Gasteiger partial charge in [0.25, 0.3) is 0 Å². The number of carbonyl (C=O) groups excluding carboxylic acids is 1. The van der Waals surface area contributed by atoms with Crippen molar-refractivity contribution < 1.29 is 19.0 Å². The van der Waals surface area contributed by atoms with Crippen LogP contribution in [0.2, 0.25) is 10.0 Å². The van der Waals surface area contributed by atoms with E-state index in [-0.39, 0.29) is 13.4 Å². The fraction of sp³-hybridized carbons (Fsp3) is 0.133. The van der Waals surface area contributed by atoms with Crippen molar-refractivity contribution in [1.82, 2.24) is 0 Å². The summed E-state index contributed by atoms with van der Waals surface area (Å²) in [6.45, 7) is 0.234. The van der Waals surface area contributed by atoms with Gasteiger partial charge in [0, 0.05) is 15.6 Å². The Bertz CT molecular complexity index is 700. The van der Waals surface area contributed by atoms with E-state index < -0.39 is 5.97 Å². The van der Waals surface area contributed by atoms with Crippen molar-refractivity contribution in [2.45, 2.75) is 6.61 Å². The third-order valence-corrected chi connectivity index (χ3v) is 3.57. The van der Waals surface area contributed by atoms with Gasteiger partial charge in [-0.1, -0.05) is 29.3 Å². The van der Waals surface area contributed by atoms with Crippen LogP contribution in [-0.2, 0) is 11.3 Å². The molecule has 0 N–H and O–H groups in total. The Morgan fingerprint density at radius 2 is 1.90 bits per heavy atom. The van der Waals surface area contributed by atoms with Crippen LogP contribution in [0, 0.1) is 0 Å². The Hall–Kier alpha value is -1.91. The van der Waals surface area contributed by atoms with Crippen LogP contribution in [0.25, 0.3) is 0 Å². The molecule has 0 saturated heterocycles. The van der Waals surface area contributed by atoms with Gasteiger partial charge >= 0.3 is 5.97 Å². The molecule has 3 rings (SSSR count). The highest BCUT2D eigenvalue weighted by Gasteiger charge is 2.17. The minimum absolute atomic E-state index is 0.0727. The van der Waals surface area contributed by atoms with Gasteiger partial charge in [0.15, 0.2) is 11.5 Å². The summed E-state index contributed by atoms with van der Waals surface area (Å²) in [5, 5.41) is 0.992. The van der Waals surface area contributed by atoms with Crippen LogP contribution >= 0.6 is 23.2 Å². The topological polar surface area (TPSA) is 44.8 Å². The largest absolute Gasteiger partial charge is 0.457 e.